The van der Waals surface area contributed by atoms with Crippen LogP contribution in [0.15, 0.2) is 12.3 Å². The van der Waals surface area contributed by atoms with Gasteiger partial charge >= 0.3 is 5.97 Å². The molecular formula is C12H13N5O2. The first-order valence-corrected chi connectivity index (χ1v) is 5.55. The van der Waals surface area contributed by atoms with Crippen LogP contribution in [0, 0.1) is 13.8 Å². The molecule has 0 fully saturated rings. The SMILES string of the molecule is COC(=O)c1c(C)nc(-c2ccnc(C)n2)nc1N. The Hall–Kier alpha value is -2.57. The number of carbonyl (C=O) groups excluding carboxylic acids is 1. The second-order valence-electron chi connectivity index (χ2n) is 3.87. The van der Waals surface area contributed by atoms with Gasteiger partial charge in [0, 0.05) is 6.20 Å². The minimum Gasteiger partial charge on any atom is -0.465 e. The lowest BCUT2D eigenvalue weighted by molar-refractivity contribution is 0.0600. The van der Waals surface area contributed by atoms with Gasteiger partial charge in [-0.15, -0.1) is 0 Å². The van der Waals surface area contributed by atoms with E-state index >= 15 is 0 Å². The van der Waals surface area contributed by atoms with Crippen molar-refractivity contribution in [3.8, 4) is 11.5 Å². The molecule has 0 saturated heterocycles. The van der Waals surface area contributed by atoms with Crippen molar-refractivity contribution in [3.05, 3.63) is 29.3 Å². The summed E-state index contributed by atoms with van der Waals surface area (Å²) in [6.07, 6.45) is 1.61. The first-order valence-electron chi connectivity index (χ1n) is 5.55. The Kier molecular flexibility index (Phi) is 3.37. The van der Waals surface area contributed by atoms with Gasteiger partial charge in [0.05, 0.1) is 12.8 Å². The normalized spacial score (nSPS) is 10.3. The molecule has 19 heavy (non-hydrogen) atoms. The maximum atomic E-state index is 11.5. The zero-order valence-electron chi connectivity index (χ0n) is 10.8. The molecule has 0 bridgehead atoms. The number of nitrogens with two attached hydrogens (primary N) is 1. The zero-order chi connectivity index (χ0) is 14.0. The number of esters is 1. The molecule has 0 aliphatic rings. The van der Waals surface area contributed by atoms with E-state index in [2.05, 4.69) is 24.7 Å². The minimum atomic E-state index is -0.555. The highest BCUT2D eigenvalue weighted by Gasteiger charge is 2.18. The van der Waals surface area contributed by atoms with E-state index < -0.39 is 5.97 Å². The van der Waals surface area contributed by atoms with Crippen LogP contribution in [-0.4, -0.2) is 33.0 Å². The van der Waals surface area contributed by atoms with Gasteiger partial charge in [0.15, 0.2) is 5.82 Å². The average Bonchev–Trinajstić information content (AvgIpc) is 2.37. The fourth-order valence-corrected chi connectivity index (χ4v) is 1.64. The molecule has 0 aliphatic carbocycles. The Morgan fingerprint density at radius 1 is 1.26 bits per heavy atom. The van der Waals surface area contributed by atoms with Gasteiger partial charge in [-0.2, -0.15) is 0 Å². The monoisotopic (exact) mass is 259 g/mol. The predicted molar refractivity (Wildman–Crippen MR) is 68.3 cm³/mol. The maximum absolute atomic E-state index is 11.5. The van der Waals surface area contributed by atoms with Crippen LogP contribution in [0.25, 0.3) is 11.5 Å². The average molecular weight is 259 g/mol. The molecule has 7 nitrogen and oxygen atoms in total. The zero-order valence-corrected chi connectivity index (χ0v) is 10.8. The number of methoxy groups -OCH3 is 1. The Labute approximate surface area is 109 Å². The summed E-state index contributed by atoms with van der Waals surface area (Å²) in [5, 5.41) is 0. The van der Waals surface area contributed by atoms with E-state index in [9.17, 15) is 4.79 Å². The van der Waals surface area contributed by atoms with E-state index in [-0.39, 0.29) is 11.4 Å². The molecule has 2 aromatic heterocycles. The van der Waals surface area contributed by atoms with Gasteiger partial charge < -0.3 is 10.5 Å². The second kappa shape index (κ2) is 4.97. The number of aryl methyl sites for hydroxylation is 2. The number of carbonyl (C=O) groups is 1. The van der Waals surface area contributed by atoms with Gasteiger partial charge in [-0.05, 0) is 19.9 Å². The first kappa shape index (κ1) is 12.9. The Morgan fingerprint density at radius 3 is 2.58 bits per heavy atom. The molecule has 0 aromatic carbocycles. The van der Waals surface area contributed by atoms with Crippen molar-refractivity contribution in [2.24, 2.45) is 0 Å². The Balaban J connectivity index is 2.54. The molecule has 7 heteroatoms. The first-order chi connectivity index (χ1) is 9.02. The lowest BCUT2D eigenvalue weighted by Gasteiger charge is -2.08. The minimum absolute atomic E-state index is 0.0746. The third kappa shape index (κ3) is 2.49. The third-order valence-electron chi connectivity index (χ3n) is 2.51. The summed E-state index contributed by atoms with van der Waals surface area (Å²) in [5.74, 6) is 0.480. The highest BCUT2D eigenvalue weighted by molar-refractivity contribution is 5.95. The smallest absolute Gasteiger partial charge is 0.343 e. The van der Waals surface area contributed by atoms with E-state index in [0.29, 0.717) is 23.0 Å². The lowest BCUT2D eigenvalue weighted by atomic mass is 10.2. The van der Waals surface area contributed by atoms with Gasteiger partial charge in [0.2, 0.25) is 0 Å². The lowest BCUT2D eigenvalue weighted by Crippen LogP contribution is -2.12. The maximum Gasteiger partial charge on any atom is 0.343 e. The van der Waals surface area contributed by atoms with Crippen molar-refractivity contribution < 1.29 is 9.53 Å². The number of nitrogen functional groups attached to an aromatic ring is 1. The van der Waals surface area contributed by atoms with Gasteiger partial charge in [-0.25, -0.2) is 24.7 Å². The van der Waals surface area contributed by atoms with Crippen molar-refractivity contribution in [1.82, 2.24) is 19.9 Å². The molecule has 2 aromatic rings. The van der Waals surface area contributed by atoms with Crippen molar-refractivity contribution in [1.29, 1.82) is 0 Å². The Bertz CT molecular complexity index is 619. The summed E-state index contributed by atoms with van der Waals surface area (Å²) >= 11 is 0. The number of nitrogens with zero attached hydrogens (tertiary/aromatic N) is 4. The molecule has 0 atom stereocenters. The van der Waals surface area contributed by atoms with Crippen molar-refractivity contribution >= 4 is 11.8 Å². The van der Waals surface area contributed by atoms with E-state index in [0.717, 1.165) is 0 Å². The van der Waals surface area contributed by atoms with Crippen molar-refractivity contribution in [2.75, 3.05) is 12.8 Å². The van der Waals surface area contributed by atoms with E-state index in [4.69, 9.17) is 5.73 Å². The van der Waals surface area contributed by atoms with Crippen LogP contribution >= 0.6 is 0 Å². The molecule has 0 aliphatic heterocycles. The van der Waals surface area contributed by atoms with Crippen LogP contribution in [0.2, 0.25) is 0 Å². The predicted octanol–water partition coefficient (Wildman–Crippen LogP) is 0.919. The summed E-state index contributed by atoms with van der Waals surface area (Å²) in [6.45, 7) is 3.43. The molecule has 2 heterocycles. The molecule has 0 saturated carbocycles. The Morgan fingerprint density at radius 2 is 2.00 bits per heavy atom. The molecule has 2 N–H and O–H groups in total. The van der Waals surface area contributed by atoms with Gasteiger partial charge in [-0.3, -0.25) is 0 Å². The van der Waals surface area contributed by atoms with Crippen molar-refractivity contribution in [2.45, 2.75) is 13.8 Å². The van der Waals surface area contributed by atoms with E-state index in [1.54, 1.807) is 26.1 Å². The van der Waals surface area contributed by atoms with Crippen molar-refractivity contribution in [3.63, 3.8) is 0 Å². The highest BCUT2D eigenvalue weighted by Crippen LogP contribution is 2.19. The van der Waals surface area contributed by atoms with Gasteiger partial charge in [0.25, 0.3) is 0 Å². The largest absolute Gasteiger partial charge is 0.465 e. The van der Waals surface area contributed by atoms with Crippen LogP contribution in [0.4, 0.5) is 5.82 Å². The molecule has 0 spiro atoms. The topological polar surface area (TPSA) is 104 Å². The fourth-order valence-electron chi connectivity index (χ4n) is 1.64. The van der Waals surface area contributed by atoms with Crippen LogP contribution in [0.3, 0.4) is 0 Å². The van der Waals surface area contributed by atoms with Crippen LogP contribution in [0.1, 0.15) is 21.9 Å². The van der Waals surface area contributed by atoms with E-state index in [1.807, 2.05) is 0 Å². The van der Waals surface area contributed by atoms with Crippen LogP contribution < -0.4 is 5.73 Å². The highest BCUT2D eigenvalue weighted by atomic mass is 16.5. The summed E-state index contributed by atoms with van der Waals surface area (Å²) in [7, 11) is 1.28. The van der Waals surface area contributed by atoms with Gasteiger partial charge in [0.1, 0.15) is 22.9 Å². The van der Waals surface area contributed by atoms with Gasteiger partial charge in [-0.1, -0.05) is 0 Å². The second-order valence-corrected chi connectivity index (χ2v) is 3.87. The number of aromatic nitrogens is 4. The quantitative estimate of drug-likeness (QED) is 0.799. The third-order valence-corrected chi connectivity index (χ3v) is 2.51. The summed E-state index contributed by atoms with van der Waals surface area (Å²) in [5.41, 5.74) is 6.96. The number of ether oxygens (including phenoxy) is 1. The summed E-state index contributed by atoms with van der Waals surface area (Å²) in [6, 6.07) is 1.68. The fraction of sp³-hybridized carbons (Fsp3) is 0.250. The molecule has 0 radical (unpaired) electrons. The van der Waals surface area contributed by atoms with Crippen LogP contribution in [-0.2, 0) is 4.74 Å². The standard InChI is InChI=1S/C12H13N5O2/c1-6-9(12(18)19-3)10(13)17-11(15-6)8-4-5-14-7(2)16-8/h4-5H,1-3H3,(H2,13,15,17). The number of rotatable bonds is 2. The molecule has 0 amide bonds. The number of anilines is 1. The molecule has 2 rings (SSSR count). The molecular weight excluding hydrogens is 246 g/mol. The summed E-state index contributed by atoms with van der Waals surface area (Å²) in [4.78, 5) is 28.1. The molecule has 0 unspecified atom stereocenters. The van der Waals surface area contributed by atoms with Crippen LogP contribution in [0.5, 0.6) is 0 Å². The summed E-state index contributed by atoms with van der Waals surface area (Å²) < 4.78 is 4.64. The molecule has 98 valence electrons. The number of hydrogen-bond acceptors (Lipinski definition) is 7. The number of hydrogen-bond donors (Lipinski definition) is 1. The van der Waals surface area contributed by atoms with E-state index in [1.165, 1.54) is 7.11 Å².